The second-order valence-corrected chi connectivity index (χ2v) is 5.90. The molecule has 0 amide bonds. The molecule has 1 aromatic rings. The van der Waals surface area contributed by atoms with Crippen LogP contribution in [0.5, 0.6) is 0 Å². The monoisotopic (exact) mass is 300 g/mol. The molecule has 22 heavy (non-hydrogen) atoms. The summed E-state index contributed by atoms with van der Waals surface area (Å²) in [5.74, 6) is 6.86. The first kappa shape index (κ1) is 16.7. The first-order valence-electron chi connectivity index (χ1n) is 8.11. The standard InChI is InChI=1S/C18H28N4/c1-5-20-18(22(19)6-2)13-14(3)21-12-11-16-9-7-8-10-17(16)15(21)4/h6-10,14-15H,2,5,11-13,19H2,1,3-4H3/t14?,15-/m1/s1. The molecule has 2 N–H and O–H groups in total. The van der Waals surface area contributed by atoms with Gasteiger partial charge in [0.1, 0.15) is 5.84 Å². The number of benzene rings is 1. The van der Waals surface area contributed by atoms with Crippen molar-refractivity contribution in [2.45, 2.75) is 45.7 Å². The van der Waals surface area contributed by atoms with Crippen LogP contribution in [0.1, 0.15) is 44.4 Å². The molecule has 120 valence electrons. The second-order valence-electron chi connectivity index (χ2n) is 5.90. The van der Waals surface area contributed by atoms with Crippen molar-refractivity contribution in [3.05, 3.63) is 48.2 Å². The number of nitrogens with two attached hydrogens (primary N) is 1. The zero-order valence-electron chi connectivity index (χ0n) is 14.0. The highest BCUT2D eigenvalue weighted by Gasteiger charge is 2.28. The number of nitrogens with zero attached hydrogens (tertiary/aromatic N) is 3. The summed E-state index contributed by atoms with van der Waals surface area (Å²) < 4.78 is 0. The molecule has 0 bridgehead atoms. The Morgan fingerprint density at radius 2 is 2.27 bits per heavy atom. The first-order chi connectivity index (χ1) is 10.6. The van der Waals surface area contributed by atoms with E-state index >= 15 is 0 Å². The van der Waals surface area contributed by atoms with Crippen molar-refractivity contribution in [2.24, 2.45) is 10.8 Å². The Bertz CT molecular complexity index is 538. The van der Waals surface area contributed by atoms with Gasteiger partial charge in [0.15, 0.2) is 0 Å². The van der Waals surface area contributed by atoms with Crippen LogP contribution >= 0.6 is 0 Å². The highest BCUT2D eigenvalue weighted by atomic mass is 15.4. The molecular formula is C18H28N4. The normalized spacial score (nSPS) is 20.4. The van der Waals surface area contributed by atoms with E-state index in [0.717, 1.165) is 31.8 Å². The molecule has 1 aromatic carbocycles. The zero-order valence-corrected chi connectivity index (χ0v) is 14.0. The third-order valence-electron chi connectivity index (χ3n) is 4.52. The summed E-state index contributed by atoms with van der Waals surface area (Å²) in [6.45, 7) is 12.1. The van der Waals surface area contributed by atoms with Gasteiger partial charge in [0.05, 0.1) is 0 Å². The van der Waals surface area contributed by atoms with Gasteiger partial charge in [0.2, 0.25) is 0 Å². The van der Waals surface area contributed by atoms with Crippen LogP contribution in [0.4, 0.5) is 0 Å². The van der Waals surface area contributed by atoms with Crippen LogP contribution in [0.3, 0.4) is 0 Å². The van der Waals surface area contributed by atoms with Crippen molar-refractivity contribution in [3.8, 4) is 0 Å². The minimum absolute atomic E-state index is 0.389. The van der Waals surface area contributed by atoms with E-state index in [1.807, 2.05) is 6.92 Å². The van der Waals surface area contributed by atoms with Crippen molar-refractivity contribution in [1.82, 2.24) is 9.91 Å². The molecule has 1 aliphatic heterocycles. The minimum Gasteiger partial charge on any atom is -0.293 e. The Balaban J connectivity index is 2.12. The maximum atomic E-state index is 5.96. The Hall–Kier alpha value is -1.65. The zero-order chi connectivity index (χ0) is 16.1. The van der Waals surface area contributed by atoms with E-state index in [4.69, 9.17) is 5.84 Å². The quantitative estimate of drug-likeness (QED) is 0.393. The van der Waals surface area contributed by atoms with E-state index in [0.29, 0.717) is 12.1 Å². The lowest BCUT2D eigenvalue weighted by Gasteiger charge is -2.40. The van der Waals surface area contributed by atoms with Crippen LogP contribution in [-0.2, 0) is 6.42 Å². The van der Waals surface area contributed by atoms with Gasteiger partial charge in [-0.15, -0.1) is 0 Å². The minimum atomic E-state index is 0.389. The fraction of sp³-hybridized carbons (Fsp3) is 0.500. The van der Waals surface area contributed by atoms with Gasteiger partial charge in [-0.05, 0) is 38.3 Å². The van der Waals surface area contributed by atoms with Crippen molar-refractivity contribution in [2.75, 3.05) is 13.1 Å². The van der Waals surface area contributed by atoms with Crippen molar-refractivity contribution >= 4 is 5.84 Å². The molecule has 0 saturated carbocycles. The summed E-state index contributed by atoms with van der Waals surface area (Å²) in [5.41, 5.74) is 2.93. The van der Waals surface area contributed by atoms with Crippen LogP contribution in [-0.4, -0.2) is 34.9 Å². The highest BCUT2D eigenvalue weighted by Crippen LogP contribution is 2.31. The third-order valence-corrected chi connectivity index (χ3v) is 4.52. The van der Waals surface area contributed by atoms with Gasteiger partial charge in [0.25, 0.3) is 0 Å². The molecule has 1 unspecified atom stereocenters. The molecule has 0 spiro atoms. The molecular weight excluding hydrogens is 272 g/mol. The molecule has 4 nitrogen and oxygen atoms in total. The van der Waals surface area contributed by atoms with Crippen LogP contribution in [0.25, 0.3) is 0 Å². The van der Waals surface area contributed by atoms with E-state index in [2.05, 4.69) is 54.6 Å². The van der Waals surface area contributed by atoms with Gasteiger partial charge >= 0.3 is 0 Å². The molecule has 2 atom stereocenters. The maximum Gasteiger partial charge on any atom is 0.119 e. The smallest absolute Gasteiger partial charge is 0.119 e. The third kappa shape index (κ3) is 3.57. The average molecular weight is 300 g/mol. The van der Waals surface area contributed by atoms with Crippen molar-refractivity contribution in [3.63, 3.8) is 0 Å². The predicted octanol–water partition coefficient (Wildman–Crippen LogP) is 3.12. The summed E-state index contributed by atoms with van der Waals surface area (Å²) >= 11 is 0. The molecule has 0 aromatic heterocycles. The van der Waals surface area contributed by atoms with Gasteiger partial charge in [-0.1, -0.05) is 30.8 Å². The molecule has 2 rings (SSSR count). The number of hydrogen-bond donors (Lipinski definition) is 1. The largest absolute Gasteiger partial charge is 0.293 e. The number of amidine groups is 1. The molecule has 0 radical (unpaired) electrons. The summed E-state index contributed by atoms with van der Waals surface area (Å²) in [6, 6.07) is 9.58. The van der Waals surface area contributed by atoms with Gasteiger partial charge in [-0.2, -0.15) is 0 Å². The van der Waals surface area contributed by atoms with E-state index in [9.17, 15) is 0 Å². The maximum absolute atomic E-state index is 5.96. The SMILES string of the molecule is C=CN(N)C(CC(C)N1CCc2ccccc2[C@H]1C)=NCC. The van der Waals surface area contributed by atoms with Crippen LogP contribution in [0.15, 0.2) is 42.0 Å². The predicted molar refractivity (Wildman–Crippen MR) is 93.5 cm³/mol. The van der Waals surface area contributed by atoms with E-state index in [1.54, 1.807) is 11.2 Å². The lowest BCUT2D eigenvalue weighted by Crippen LogP contribution is -2.44. The fourth-order valence-corrected chi connectivity index (χ4v) is 3.31. The topological polar surface area (TPSA) is 44.9 Å². The van der Waals surface area contributed by atoms with E-state index in [1.165, 1.54) is 11.1 Å². The number of hydrogen-bond acceptors (Lipinski definition) is 3. The molecule has 0 fully saturated rings. The van der Waals surface area contributed by atoms with Gasteiger partial charge in [-0.3, -0.25) is 14.9 Å². The number of fused-ring (bicyclic) bond motifs is 1. The Morgan fingerprint density at radius 3 is 2.95 bits per heavy atom. The Labute approximate surface area is 134 Å². The Morgan fingerprint density at radius 1 is 1.55 bits per heavy atom. The lowest BCUT2D eigenvalue weighted by molar-refractivity contribution is 0.146. The van der Waals surface area contributed by atoms with E-state index in [-0.39, 0.29) is 0 Å². The van der Waals surface area contributed by atoms with Crippen LogP contribution in [0.2, 0.25) is 0 Å². The summed E-state index contributed by atoms with van der Waals surface area (Å²) in [4.78, 5) is 7.06. The number of rotatable bonds is 5. The Kier molecular flexibility index (Phi) is 5.75. The summed E-state index contributed by atoms with van der Waals surface area (Å²) in [7, 11) is 0. The van der Waals surface area contributed by atoms with Crippen LogP contribution < -0.4 is 5.84 Å². The highest BCUT2D eigenvalue weighted by molar-refractivity contribution is 5.83. The van der Waals surface area contributed by atoms with Gasteiger partial charge < -0.3 is 0 Å². The lowest BCUT2D eigenvalue weighted by atomic mass is 9.92. The first-order valence-corrected chi connectivity index (χ1v) is 8.11. The molecule has 1 heterocycles. The van der Waals surface area contributed by atoms with Crippen molar-refractivity contribution < 1.29 is 0 Å². The van der Waals surface area contributed by atoms with E-state index < -0.39 is 0 Å². The van der Waals surface area contributed by atoms with Gasteiger partial charge in [0, 0.05) is 37.8 Å². The number of aliphatic imine (C=N–C) groups is 1. The van der Waals surface area contributed by atoms with Crippen LogP contribution in [0, 0.1) is 0 Å². The summed E-state index contributed by atoms with van der Waals surface area (Å²) in [5, 5.41) is 1.54. The average Bonchev–Trinajstić information content (AvgIpc) is 2.54. The molecule has 0 saturated heterocycles. The van der Waals surface area contributed by atoms with Crippen molar-refractivity contribution in [1.29, 1.82) is 0 Å². The molecule has 4 heteroatoms. The summed E-state index contributed by atoms with van der Waals surface area (Å²) in [6.07, 6.45) is 3.57. The number of hydrazine groups is 1. The fourth-order valence-electron chi connectivity index (χ4n) is 3.31. The van der Waals surface area contributed by atoms with Gasteiger partial charge in [-0.25, -0.2) is 5.84 Å². The second kappa shape index (κ2) is 7.56. The molecule has 1 aliphatic rings. The molecule has 0 aliphatic carbocycles.